The first-order valence-electron chi connectivity index (χ1n) is 7.00. The van der Waals surface area contributed by atoms with Crippen LogP contribution < -0.4 is 5.73 Å². The Kier molecular flexibility index (Phi) is 3.08. The van der Waals surface area contributed by atoms with E-state index in [-0.39, 0.29) is 0 Å². The summed E-state index contributed by atoms with van der Waals surface area (Å²) < 4.78 is 2.37. The van der Waals surface area contributed by atoms with E-state index in [0.717, 1.165) is 24.9 Å². The first kappa shape index (κ1) is 11.7. The van der Waals surface area contributed by atoms with Crippen LogP contribution in [0, 0.1) is 0 Å². The van der Waals surface area contributed by atoms with Gasteiger partial charge in [0.25, 0.3) is 0 Å². The second-order valence-corrected chi connectivity index (χ2v) is 5.31. The molecule has 3 nitrogen and oxygen atoms in total. The van der Waals surface area contributed by atoms with Crippen LogP contribution >= 0.6 is 0 Å². The topological polar surface area (TPSA) is 43.8 Å². The van der Waals surface area contributed by atoms with Crippen LogP contribution in [0.2, 0.25) is 0 Å². The van der Waals surface area contributed by atoms with E-state index in [1.165, 1.54) is 24.2 Å². The molecule has 0 unspecified atom stereocenters. The highest BCUT2D eigenvalue weighted by Crippen LogP contribution is 2.33. The lowest BCUT2D eigenvalue weighted by molar-refractivity contribution is 0.378. The quantitative estimate of drug-likeness (QED) is 0.881. The third kappa shape index (κ3) is 1.93. The lowest BCUT2D eigenvalue weighted by Gasteiger charge is -2.26. The fourth-order valence-electron chi connectivity index (χ4n) is 3.12. The minimum absolute atomic E-state index is 0.403. The Labute approximate surface area is 108 Å². The van der Waals surface area contributed by atoms with Crippen molar-refractivity contribution in [1.29, 1.82) is 0 Å². The Bertz CT molecular complexity index is 536. The van der Waals surface area contributed by atoms with Gasteiger partial charge in [-0.15, -0.1) is 0 Å². The molecule has 1 aromatic carbocycles. The molecule has 0 aliphatic heterocycles. The normalized spacial score (nSPS) is 24.6. The van der Waals surface area contributed by atoms with Gasteiger partial charge in [0.2, 0.25) is 0 Å². The molecule has 0 amide bonds. The van der Waals surface area contributed by atoms with Gasteiger partial charge in [-0.3, -0.25) is 0 Å². The summed E-state index contributed by atoms with van der Waals surface area (Å²) in [6, 6.07) is 8.84. The molecule has 96 valence electrons. The number of nitrogens with zero attached hydrogens (tertiary/aromatic N) is 2. The highest BCUT2D eigenvalue weighted by Gasteiger charge is 2.24. The van der Waals surface area contributed by atoms with Crippen molar-refractivity contribution in [3.8, 4) is 0 Å². The predicted octanol–water partition coefficient (Wildman–Crippen LogP) is 3.04. The SMILES string of the molecule is CCn1c(C2CCC(N)CC2)nc2ccccc21. The van der Waals surface area contributed by atoms with E-state index in [1.807, 2.05) is 0 Å². The van der Waals surface area contributed by atoms with Crippen molar-refractivity contribution in [1.82, 2.24) is 9.55 Å². The van der Waals surface area contributed by atoms with Crippen molar-refractivity contribution in [2.75, 3.05) is 0 Å². The molecule has 1 fully saturated rings. The summed E-state index contributed by atoms with van der Waals surface area (Å²) in [7, 11) is 0. The standard InChI is InChI=1S/C15H21N3/c1-2-18-14-6-4-3-5-13(14)17-15(18)11-7-9-12(16)10-8-11/h3-6,11-12H,2,7-10,16H2,1H3. The van der Waals surface area contributed by atoms with E-state index in [9.17, 15) is 0 Å². The summed E-state index contributed by atoms with van der Waals surface area (Å²) in [5.41, 5.74) is 8.39. The van der Waals surface area contributed by atoms with Crippen molar-refractivity contribution >= 4 is 11.0 Å². The first-order valence-corrected chi connectivity index (χ1v) is 7.00. The van der Waals surface area contributed by atoms with Gasteiger partial charge >= 0.3 is 0 Å². The van der Waals surface area contributed by atoms with Crippen LogP contribution in [-0.4, -0.2) is 15.6 Å². The molecule has 0 radical (unpaired) electrons. The predicted molar refractivity (Wildman–Crippen MR) is 74.6 cm³/mol. The van der Waals surface area contributed by atoms with Crippen LogP contribution in [-0.2, 0) is 6.54 Å². The molecule has 3 heteroatoms. The minimum atomic E-state index is 0.403. The van der Waals surface area contributed by atoms with Crippen molar-refractivity contribution in [2.45, 2.75) is 51.1 Å². The number of aromatic nitrogens is 2. The van der Waals surface area contributed by atoms with Gasteiger partial charge in [0.15, 0.2) is 0 Å². The Hall–Kier alpha value is -1.35. The monoisotopic (exact) mass is 243 g/mol. The van der Waals surface area contributed by atoms with E-state index >= 15 is 0 Å². The van der Waals surface area contributed by atoms with Crippen molar-refractivity contribution < 1.29 is 0 Å². The average molecular weight is 243 g/mol. The Morgan fingerprint density at radius 2 is 1.94 bits per heavy atom. The Morgan fingerprint density at radius 1 is 1.22 bits per heavy atom. The minimum Gasteiger partial charge on any atom is -0.328 e. The van der Waals surface area contributed by atoms with Crippen molar-refractivity contribution in [2.24, 2.45) is 5.73 Å². The number of benzene rings is 1. The van der Waals surface area contributed by atoms with E-state index in [0.29, 0.717) is 12.0 Å². The molecule has 1 aromatic heterocycles. The molecular weight excluding hydrogens is 222 g/mol. The summed E-state index contributed by atoms with van der Waals surface area (Å²) in [6.07, 6.45) is 4.64. The highest BCUT2D eigenvalue weighted by atomic mass is 15.1. The fraction of sp³-hybridized carbons (Fsp3) is 0.533. The lowest BCUT2D eigenvalue weighted by Crippen LogP contribution is -2.26. The number of imidazole rings is 1. The fourth-order valence-corrected chi connectivity index (χ4v) is 3.12. The number of fused-ring (bicyclic) bond motifs is 1. The van der Waals surface area contributed by atoms with Gasteiger partial charge in [0.1, 0.15) is 5.82 Å². The molecule has 1 aliphatic rings. The molecule has 2 aromatic rings. The molecule has 3 rings (SSSR count). The van der Waals surface area contributed by atoms with Gasteiger partial charge in [0, 0.05) is 18.5 Å². The van der Waals surface area contributed by atoms with Crippen molar-refractivity contribution in [3.63, 3.8) is 0 Å². The molecular formula is C15H21N3. The van der Waals surface area contributed by atoms with E-state index < -0.39 is 0 Å². The van der Waals surface area contributed by atoms with Crippen LogP contribution in [0.5, 0.6) is 0 Å². The average Bonchev–Trinajstić information content (AvgIpc) is 2.78. The molecule has 0 atom stereocenters. The van der Waals surface area contributed by atoms with Gasteiger partial charge in [-0.25, -0.2) is 4.98 Å². The molecule has 18 heavy (non-hydrogen) atoms. The molecule has 0 bridgehead atoms. The van der Waals surface area contributed by atoms with Gasteiger partial charge < -0.3 is 10.3 Å². The zero-order valence-corrected chi connectivity index (χ0v) is 11.0. The maximum absolute atomic E-state index is 5.99. The third-order valence-electron chi connectivity index (χ3n) is 4.14. The number of aryl methyl sites for hydroxylation is 1. The summed E-state index contributed by atoms with van der Waals surface area (Å²) in [5.74, 6) is 1.86. The zero-order valence-electron chi connectivity index (χ0n) is 11.0. The smallest absolute Gasteiger partial charge is 0.112 e. The third-order valence-corrected chi connectivity index (χ3v) is 4.14. The van der Waals surface area contributed by atoms with Gasteiger partial charge in [0.05, 0.1) is 11.0 Å². The van der Waals surface area contributed by atoms with Gasteiger partial charge in [-0.05, 0) is 44.7 Å². The second-order valence-electron chi connectivity index (χ2n) is 5.31. The summed E-state index contributed by atoms with van der Waals surface area (Å²) in [4.78, 5) is 4.85. The molecule has 2 N–H and O–H groups in total. The number of para-hydroxylation sites is 2. The zero-order chi connectivity index (χ0) is 12.5. The number of nitrogens with two attached hydrogens (primary N) is 1. The van der Waals surface area contributed by atoms with Gasteiger partial charge in [-0.1, -0.05) is 12.1 Å². The largest absolute Gasteiger partial charge is 0.328 e. The number of rotatable bonds is 2. The van der Waals surface area contributed by atoms with E-state index in [1.54, 1.807) is 0 Å². The van der Waals surface area contributed by atoms with Crippen LogP contribution in [0.15, 0.2) is 24.3 Å². The summed E-state index contributed by atoms with van der Waals surface area (Å²) in [5, 5.41) is 0. The molecule has 1 saturated carbocycles. The van der Waals surface area contributed by atoms with Crippen LogP contribution in [0.1, 0.15) is 44.3 Å². The second kappa shape index (κ2) is 4.73. The molecule has 0 spiro atoms. The van der Waals surface area contributed by atoms with E-state index in [4.69, 9.17) is 10.7 Å². The number of hydrogen-bond acceptors (Lipinski definition) is 2. The van der Waals surface area contributed by atoms with E-state index in [2.05, 4.69) is 35.8 Å². The van der Waals surface area contributed by atoms with Crippen molar-refractivity contribution in [3.05, 3.63) is 30.1 Å². The van der Waals surface area contributed by atoms with Crippen LogP contribution in [0.25, 0.3) is 11.0 Å². The van der Waals surface area contributed by atoms with Crippen LogP contribution in [0.4, 0.5) is 0 Å². The Morgan fingerprint density at radius 3 is 2.67 bits per heavy atom. The molecule has 1 aliphatic carbocycles. The molecule has 1 heterocycles. The Balaban J connectivity index is 2.00. The highest BCUT2D eigenvalue weighted by molar-refractivity contribution is 5.76. The van der Waals surface area contributed by atoms with Crippen LogP contribution in [0.3, 0.4) is 0 Å². The lowest BCUT2D eigenvalue weighted by atomic mass is 9.86. The summed E-state index contributed by atoms with van der Waals surface area (Å²) in [6.45, 7) is 3.20. The maximum Gasteiger partial charge on any atom is 0.112 e. The van der Waals surface area contributed by atoms with Gasteiger partial charge in [-0.2, -0.15) is 0 Å². The first-order chi connectivity index (χ1) is 8.79. The number of hydrogen-bond donors (Lipinski definition) is 1. The maximum atomic E-state index is 5.99. The molecule has 0 saturated heterocycles. The summed E-state index contributed by atoms with van der Waals surface area (Å²) >= 11 is 0.